The summed E-state index contributed by atoms with van der Waals surface area (Å²) in [7, 11) is 0. The predicted molar refractivity (Wildman–Crippen MR) is 80.0 cm³/mol. The number of phenols is 1. The molecule has 0 saturated carbocycles. The Bertz CT molecular complexity index is 758. The Kier molecular flexibility index (Phi) is 3.50. The number of benzene rings is 2. The van der Waals surface area contributed by atoms with E-state index in [1.807, 2.05) is 18.2 Å². The smallest absolute Gasteiger partial charge is 0.311 e. The van der Waals surface area contributed by atoms with E-state index in [2.05, 4.69) is 11.4 Å². The number of carbonyl (C=O) groups excluding carboxylic acids is 1. The van der Waals surface area contributed by atoms with E-state index in [9.17, 15) is 20.0 Å². The Morgan fingerprint density at radius 1 is 1.32 bits per heavy atom. The molecule has 0 saturated heterocycles. The fourth-order valence-corrected chi connectivity index (χ4v) is 2.67. The van der Waals surface area contributed by atoms with E-state index in [-0.39, 0.29) is 17.4 Å². The van der Waals surface area contributed by atoms with Crippen molar-refractivity contribution in [3.8, 4) is 5.75 Å². The molecule has 0 heterocycles. The van der Waals surface area contributed by atoms with Crippen LogP contribution in [-0.4, -0.2) is 22.5 Å². The number of fused-ring (bicyclic) bond motifs is 1. The Labute approximate surface area is 126 Å². The summed E-state index contributed by atoms with van der Waals surface area (Å²) in [5.74, 6) is -0.547. The summed E-state index contributed by atoms with van der Waals surface area (Å²) in [6.45, 7) is 0.491. The molecule has 0 spiro atoms. The van der Waals surface area contributed by atoms with Gasteiger partial charge in [0.2, 0.25) is 0 Å². The molecule has 22 heavy (non-hydrogen) atoms. The molecule has 0 radical (unpaired) electrons. The first-order valence-electron chi connectivity index (χ1n) is 6.89. The van der Waals surface area contributed by atoms with Gasteiger partial charge in [-0.2, -0.15) is 0 Å². The maximum atomic E-state index is 12.1. The predicted octanol–water partition coefficient (Wildman–Crippen LogP) is 2.37. The van der Waals surface area contributed by atoms with Crippen LogP contribution in [-0.2, 0) is 6.42 Å². The average molecular weight is 298 g/mol. The minimum Gasteiger partial charge on any atom is -0.502 e. The first-order valence-corrected chi connectivity index (χ1v) is 6.89. The van der Waals surface area contributed by atoms with Crippen molar-refractivity contribution in [2.24, 2.45) is 0 Å². The summed E-state index contributed by atoms with van der Waals surface area (Å²) in [5.41, 5.74) is 2.22. The zero-order valence-corrected chi connectivity index (χ0v) is 11.7. The number of nitrogens with one attached hydrogen (secondary N) is 1. The Hall–Kier alpha value is -2.89. The Balaban J connectivity index is 1.66. The molecule has 2 aromatic carbocycles. The molecule has 2 aromatic rings. The Morgan fingerprint density at radius 3 is 2.82 bits per heavy atom. The monoisotopic (exact) mass is 298 g/mol. The highest BCUT2D eigenvalue weighted by atomic mass is 16.6. The van der Waals surface area contributed by atoms with Crippen LogP contribution in [0.2, 0.25) is 0 Å². The lowest BCUT2D eigenvalue weighted by Crippen LogP contribution is -2.33. The topological polar surface area (TPSA) is 92.5 Å². The van der Waals surface area contributed by atoms with Crippen LogP contribution >= 0.6 is 0 Å². The number of hydrogen-bond donors (Lipinski definition) is 2. The van der Waals surface area contributed by atoms with Gasteiger partial charge < -0.3 is 10.4 Å². The molecule has 0 unspecified atom stereocenters. The number of nitrogens with zero attached hydrogens (tertiary/aromatic N) is 1. The van der Waals surface area contributed by atoms with Crippen molar-refractivity contribution in [2.75, 3.05) is 6.54 Å². The van der Waals surface area contributed by atoms with Gasteiger partial charge in [0.25, 0.3) is 5.91 Å². The minimum atomic E-state index is -0.714. The maximum Gasteiger partial charge on any atom is 0.311 e. The standard InChI is InChI=1S/C16H14N2O4/c19-15-6-5-11(8-14(15)18(21)22)16(20)17-9-12-7-10-3-1-2-4-13(10)12/h1-6,8,12,19H,7,9H2,(H,17,20)/t12-/m1/s1. The van der Waals surface area contributed by atoms with Crippen LogP contribution in [0.25, 0.3) is 0 Å². The van der Waals surface area contributed by atoms with Crippen molar-refractivity contribution in [2.45, 2.75) is 12.3 Å². The molecule has 0 bridgehead atoms. The lowest BCUT2D eigenvalue weighted by atomic mass is 9.77. The van der Waals surface area contributed by atoms with Gasteiger partial charge in [0.05, 0.1) is 4.92 Å². The van der Waals surface area contributed by atoms with Crippen molar-refractivity contribution in [3.05, 3.63) is 69.3 Å². The summed E-state index contributed by atoms with van der Waals surface area (Å²) < 4.78 is 0. The third kappa shape index (κ3) is 2.50. The Morgan fingerprint density at radius 2 is 2.09 bits per heavy atom. The molecule has 1 amide bonds. The van der Waals surface area contributed by atoms with Crippen LogP contribution in [0.15, 0.2) is 42.5 Å². The van der Waals surface area contributed by atoms with Crippen LogP contribution in [0.5, 0.6) is 5.75 Å². The van der Waals surface area contributed by atoms with Crippen LogP contribution in [0.1, 0.15) is 27.4 Å². The molecule has 1 aliphatic carbocycles. The van der Waals surface area contributed by atoms with Gasteiger partial charge in [-0.15, -0.1) is 0 Å². The molecular formula is C16H14N2O4. The van der Waals surface area contributed by atoms with Crippen molar-refractivity contribution in [1.29, 1.82) is 0 Å². The highest BCUT2D eigenvalue weighted by Gasteiger charge is 2.26. The highest BCUT2D eigenvalue weighted by molar-refractivity contribution is 5.95. The second-order valence-corrected chi connectivity index (χ2v) is 5.27. The summed E-state index contributed by atoms with van der Waals surface area (Å²) in [4.78, 5) is 22.1. The van der Waals surface area contributed by atoms with Crippen molar-refractivity contribution in [3.63, 3.8) is 0 Å². The fourth-order valence-electron chi connectivity index (χ4n) is 2.67. The lowest BCUT2D eigenvalue weighted by Gasteiger charge is -2.30. The summed E-state index contributed by atoms with van der Waals surface area (Å²) >= 11 is 0. The molecule has 6 heteroatoms. The van der Waals surface area contributed by atoms with Gasteiger partial charge in [-0.1, -0.05) is 24.3 Å². The molecular weight excluding hydrogens is 284 g/mol. The van der Waals surface area contributed by atoms with Crippen molar-refractivity contribution >= 4 is 11.6 Å². The number of aromatic hydroxyl groups is 1. The molecule has 0 fully saturated rings. The van der Waals surface area contributed by atoms with Crippen LogP contribution < -0.4 is 5.32 Å². The number of hydrogen-bond acceptors (Lipinski definition) is 4. The SMILES string of the molecule is O=C(NC[C@H]1Cc2ccccc21)c1ccc(O)c([N+](=O)[O-])c1. The quantitative estimate of drug-likeness (QED) is 0.669. The largest absolute Gasteiger partial charge is 0.502 e. The first-order chi connectivity index (χ1) is 10.6. The van der Waals surface area contributed by atoms with Gasteiger partial charge in [-0.3, -0.25) is 14.9 Å². The van der Waals surface area contributed by atoms with E-state index in [1.165, 1.54) is 17.2 Å². The molecule has 6 nitrogen and oxygen atoms in total. The number of phenolic OH excluding ortho intramolecular Hbond substituents is 1. The molecule has 3 rings (SSSR count). The summed E-state index contributed by atoms with van der Waals surface area (Å²) in [5, 5.41) is 22.9. The number of amides is 1. The third-order valence-corrected chi connectivity index (χ3v) is 3.90. The van der Waals surface area contributed by atoms with Gasteiger partial charge in [0.1, 0.15) is 0 Å². The van der Waals surface area contributed by atoms with E-state index in [0.717, 1.165) is 18.6 Å². The number of nitro groups is 1. The summed E-state index contributed by atoms with van der Waals surface area (Å²) in [6, 6.07) is 11.7. The number of nitro benzene ring substituents is 1. The molecule has 0 aliphatic heterocycles. The van der Waals surface area contributed by atoms with E-state index in [0.29, 0.717) is 6.54 Å². The van der Waals surface area contributed by atoms with Gasteiger partial charge in [-0.25, -0.2) is 0 Å². The molecule has 1 atom stereocenters. The lowest BCUT2D eigenvalue weighted by molar-refractivity contribution is -0.385. The van der Waals surface area contributed by atoms with E-state index in [4.69, 9.17) is 0 Å². The minimum absolute atomic E-state index is 0.164. The number of rotatable bonds is 4. The zero-order chi connectivity index (χ0) is 15.7. The zero-order valence-electron chi connectivity index (χ0n) is 11.7. The van der Waals surface area contributed by atoms with E-state index in [1.54, 1.807) is 0 Å². The van der Waals surface area contributed by atoms with Crippen molar-refractivity contribution < 1.29 is 14.8 Å². The first kappa shape index (κ1) is 14.1. The molecule has 1 aliphatic rings. The molecule has 0 aromatic heterocycles. The van der Waals surface area contributed by atoms with Gasteiger partial charge >= 0.3 is 5.69 Å². The van der Waals surface area contributed by atoms with Crippen molar-refractivity contribution in [1.82, 2.24) is 5.32 Å². The fraction of sp³-hybridized carbons (Fsp3) is 0.188. The highest BCUT2D eigenvalue weighted by Crippen LogP contribution is 2.34. The second kappa shape index (κ2) is 5.48. The van der Waals surface area contributed by atoms with Gasteiger partial charge in [0, 0.05) is 24.1 Å². The third-order valence-electron chi connectivity index (χ3n) is 3.90. The maximum absolute atomic E-state index is 12.1. The van der Waals surface area contributed by atoms with Gasteiger partial charge in [0.15, 0.2) is 5.75 Å². The summed E-state index contributed by atoms with van der Waals surface area (Å²) in [6.07, 6.45) is 0.923. The normalized spacial score (nSPS) is 15.5. The second-order valence-electron chi connectivity index (χ2n) is 5.27. The number of carbonyl (C=O) groups is 1. The average Bonchev–Trinajstić information content (AvgIpc) is 2.48. The van der Waals surface area contributed by atoms with Crippen LogP contribution in [0.3, 0.4) is 0 Å². The van der Waals surface area contributed by atoms with E-state index < -0.39 is 16.4 Å². The van der Waals surface area contributed by atoms with E-state index >= 15 is 0 Å². The molecule has 2 N–H and O–H groups in total. The molecule has 112 valence electrons. The van der Waals surface area contributed by atoms with Gasteiger partial charge in [-0.05, 0) is 29.7 Å². The van der Waals surface area contributed by atoms with Crippen LogP contribution in [0, 0.1) is 10.1 Å². The van der Waals surface area contributed by atoms with Crippen LogP contribution in [0.4, 0.5) is 5.69 Å².